The maximum absolute atomic E-state index is 11.9. The van der Waals surface area contributed by atoms with Crippen molar-refractivity contribution in [2.24, 2.45) is 16.7 Å². The van der Waals surface area contributed by atoms with Gasteiger partial charge in [0.25, 0.3) is 0 Å². The highest BCUT2D eigenvalue weighted by Gasteiger charge is 2.68. The fourth-order valence-electron chi connectivity index (χ4n) is 2.37. The van der Waals surface area contributed by atoms with Crippen molar-refractivity contribution in [2.75, 3.05) is 26.4 Å². The van der Waals surface area contributed by atoms with E-state index in [4.69, 9.17) is 9.84 Å². The number of carbonyl (C=O) groups excluding carboxylic acids is 1. The number of carbonyl (C=O) groups is 1. The summed E-state index contributed by atoms with van der Waals surface area (Å²) in [6.07, 6.45) is 0. The molecule has 0 spiro atoms. The Labute approximate surface area is 97.4 Å². The number of aliphatic hydroxyl groups is 1. The molecular weight excluding hydrogens is 206 g/mol. The Bertz CT molecular complexity index is 247. The maximum atomic E-state index is 11.9. The lowest BCUT2D eigenvalue weighted by Crippen LogP contribution is -2.30. The van der Waals surface area contributed by atoms with E-state index in [1.165, 1.54) is 0 Å². The Hall–Kier alpha value is -0.610. The molecule has 4 nitrogen and oxygen atoms in total. The highest BCUT2D eigenvalue weighted by atomic mass is 16.5. The molecule has 1 amide bonds. The second-order valence-electron chi connectivity index (χ2n) is 5.50. The lowest BCUT2D eigenvalue weighted by Gasteiger charge is -2.06. The number of aliphatic hydroxyl groups excluding tert-OH is 1. The van der Waals surface area contributed by atoms with Gasteiger partial charge < -0.3 is 15.2 Å². The van der Waals surface area contributed by atoms with Gasteiger partial charge in [-0.15, -0.1) is 0 Å². The molecule has 1 fully saturated rings. The molecule has 0 aromatic heterocycles. The summed E-state index contributed by atoms with van der Waals surface area (Å²) in [6.45, 7) is 9.83. The topological polar surface area (TPSA) is 58.6 Å². The van der Waals surface area contributed by atoms with E-state index in [2.05, 4.69) is 33.0 Å². The Morgan fingerprint density at radius 2 is 1.81 bits per heavy atom. The van der Waals surface area contributed by atoms with Crippen molar-refractivity contribution in [3.8, 4) is 0 Å². The number of hydrogen-bond donors (Lipinski definition) is 2. The number of hydrogen-bond acceptors (Lipinski definition) is 3. The molecule has 1 saturated carbocycles. The van der Waals surface area contributed by atoms with Crippen LogP contribution in [0.5, 0.6) is 0 Å². The number of rotatable bonds is 6. The van der Waals surface area contributed by atoms with Crippen LogP contribution in [0, 0.1) is 16.7 Å². The van der Waals surface area contributed by atoms with Crippen LogP contribution in [-0.4, -0.2) is 37.4 Å². The van der Waals surface area contributed by atoms with Gasteiger partial charge in [-0.05, 0) is 10.8 Å². The van der Waals surface area contributed by atoms with E-state index in [9.17, 15) is 4.79 Å². The van der Waals surface area contributed by atoms with Crippen LogP contribution in [0.4, 0.5) is 0 Å². The highest BCUT2D eigenvalue weighted by molar-refractivity contribution is 5.84. The van der Waals surface area contributed by atoms with E-state index in [-0.39, 0.29) is 29.3 Å². The highest BCUT2D eigenvalue weighted by Crippen LogP contribution is 2.68. The van der Waals surface area contributed by atoms with Crippen LogP contribution in [0.2, 0.25) is 0 Å². The van der Waals surface area contributed by atoms with Crippen LogP contribution in [0.25, 0.3) is 0 Å². The molecule has 0 aromatic rings. The molecule has 0 saturated heterocycles. The maximum Gasteiger partial charge on any atom is 0.224 e. The Morgan fingerprint density at radius 3 is 2.25 bits per heavy atom. The molecule has 1 aliphatic carbocycles. The average molecular weight is 229 g/mol. The van der Waals surface area contributed by atoms with Gasteiger partial charge in [0.15, 0.2) is 0 Å². The van der Waals surface area contributed by atoms with Gasteiger partial charge in [-0.25, -0.2) is 0 Å². The first-order valence-corrected chi connectivity index (χ1v) is 5.82. The summed E-state index contributed by atoms with van der Waals surface area (Å²) in [6, 6.07) is 0. The van der Waals surface area contributed by atoms with Crippen molar-refractivity contribution in [3.63, 3.8) is 0 Å². The Balaban J connectivity index is 2.23. The first-order valence-electron chi connectivity index (χ1n) is 5.82. The van der Waals surface area contributed by atoms with Crippen molar-refractivity contribution < 1.29 is 14.6 Å². The fourth-order valence-corrected chi connectivity index (χ4v) is 2.37. The van der Waals surface area contributed by atoms with Crippen LogP contribution in [0.15, 0.2) is 0 Å². The first-order chi connectivity index (χ1) is 7.35. The summed E-state index contributed by atoms with van der Waals surface area (Å²) < 4.78 is 5.07. The summed E-state index contributed by atoms with van der Waals surface area (Å²) in [5, 5.41) is 11.4. The van der Waals surface area contributed by atoms with Gasteiger partial charge in [0.1, 0.15) is 0 Å². The molecule has 1 aliphatic rings. The lowest BCUT2D eigenvalue weighted by atomic mass is 10.0. The number of amides is 1. The molecule has 0 aliphatic heterocycles. The lowest BCUT2D eigenvalue weighted by molar-refractivity contribution is -0.123. The molecular formula is C12H23NO3. The van der Waals surface area contributed by atoms with E-state index >= 15 is 0 Å². The zero-order chi connectivity index (χ0) is 12.4. The monoisotopic (exact) mass is 229 g/mol. The third-order valence-corrected chi connectivity index (χ3v) is 4.06. The molecule has 0 unspecified atom stereocenters. The van der Waals surface area contributed by atoms with Crippen LogP contribution in [-0.2, 0) is 9.53 Å². The van der Waals surface area contributed by atoms with Crippen LogP contribution >= 0.6 is 0 Å². The molecule has 0 heterocycles. The summed E-state index contributed by atoms with van der Waals surface area (Å²) in [4.78, 5) is 11.9. The largest absolute Gasteiger partial charge is 0.394 e. The van der Waals surface area contributed by atoms with Crippen molar-refractivity contribution in [1.29, 1.82) is 0 Å². The first kappa shape index (κ1) is 13.5. The fraction of sp³-hybridized carbons (Fsp3) is 0.917. The van der Waals surface area contributed by atoms with Gasteiger partial charge in [-0.1, -0.05) is 27.7 Å². The van der Waals surface area contributed by atoms with E-state index in [0.29, 0.717) is 19.8 Å². The van der Waals surface area contributed by atoms with Crippen LogP contribution in [0.3, 0.4) is 0 Å². The third kappa shape index (κ3) is 2.38. The Kier molecular flexibility index (Phi) is 3.97. The van der Waals surface area contributed by atoms with Gasteiger partial charge in [0, 0.05) is 12.5 Å². The summed E-state index contributed by atoms with van der Waals surface area (Å²) in [5.74, 6) is 0.209. The van der Waals surface area contributed by atoms with Gasteiger partial charge in [0.05, 0.1) is 19.8 Å². The average Bonchev–Trinajstić information content (AvgIpc) is 2.57. The van der Waals surface area contributed by atoms with Crippen LogP contribution < -0.4 is 5.32 Å². The summed E-state index contributed by atoms with van der Waals surface area (Å²) >= 11 is 0. The normalized spacial score (nSPS) is 21.8. The minimum Gasteiger partial charge on any atom is -0.394 e. The zero-order valence-corrected chi connectivity index (χ0v) is 10.7. The molecule has 2 N–H and O–H groups in total. The minimum atomic E-state index is 0.0244. The number of nitrogens with one attached hydrogen (secondary N) is 1. The minimum absolute atomic E-state index is 0.0244. The molecule has 0 radical (unpaired) electrons. The predicted octanol–water partition coefficient (Wildman–Crippen LogP) is 0.794. The SMILES string of the molecule is CC1(C)C(C(=O)NCCOCCO)C1(C)C. The van der Waals surface area contributed by atoms with Gasteiger partial charge in [-0.3, -0.25) is 4.79 Å². The summed E-state index contributed by atoms with van der Waals surface area (Å²) in [5.41, 5.74) is 0.173. The van der Waals surface area contributed by atoms with Gasteiger partial charge >= 0.3 is 0 Å². The number of ether oxygens (including phenoxy) is 1. The molecule has 0 bridgehead atoms. The molecule has 0 atom stereocenters. The van der Waals surface area contributed by atoms with Gasteiger partial charge in [0.2, 0.25) is 5.91 Å². The van der Waals surface area contributed by atoms with Gasteiger partial charge in [-0.2, -0.15) is 0 Å². The zero-order valence-electron chi connectivity index (χ0n) is 10.7. The summed E-state index contributed by atoms with van der Waals surface area (Å²) in [7, 11) is 0. The molecule has 94 valence electrons. The molecule has 4 heteroatoms. The molecule has 16 heavy (non-hydrogen) atoms. The van der Waals surface area contributed by atoms with E-state index in [0.717, 1.165) is 0 Å². The quantitative estimate of drug-likeness (QED) is 0.662. The third-order valence-electron chi connectivity index (χ3n) is 4.06. The molecule has 0 aromatic carbocycles. The van der Waals surface area contributed by atoms with Crippen LogP contribution in [0.1, 0.15) is 27.7 Å². The van der Waals surface area contributed by atoms with Crippen molar-refractivity contribution >= 4 is 5.91 Å². The second-order valence-corrected chi connectivity index (χ2v) is 5.50. The molecule has 1 rings (SSSR count). The standard InChI is InChI=1S/C12H23NO3/c1-11(2)9(12(11,3)4)10(15)13-5-7-16-8-6-14/h9,14H,5-8H2,1-4H3,(H,13,15). The van der Waals surface area contributed by atoms with Crippen molar-refractivity contribution in [2.45, 2.75) is 27.7 Å². The van der Waals surface area contributed by atoms with E-state index in [1.54, 1.807) is 0 Å². The predicted molar refractivity (Wildman–Crippen MR) is 62.0 cm³/mol. The Morgan fingerprint density at radius 1 is 1.25 bits per heavy atom. The smallest absolute Gasteiger partial charge is 0.224 e. The van der Waals surface area contributed by atoms with Crippen molar-refractivity contribution in [1.82, 2.24) is 5.32 Å². The van der Waals surface area contributed by atoms with E-state index < -0.39 is 0 Å². The second kappa shape index (κ2) is 4.72. The van der Waals surface area contributed by atoms with E-state index in [1.807, 2.05) is 0 Å². The van der Waals surface area contributed by atoms with Crippen molar-refractivity contribution in [3.05, 3.63) is 0 Å².